The molecule has 14 nitrogen and oxygen atoms in total. The maximum Gasteiger partial charge on any atom is 0.306 e. The van der Waals surface area contributed by atoms with E-state index in [1.54, 1.807) is 6.07 Å². The van der Waals surface area contributed by atoms with Crippen molar-refractivity contribution >= 4 is 29.8 Å². The van der Waals surface area contributed by atoms with Gasteiger partial charge in [0.2, 0.25) is 12.4 Å². The molecule has 14 heteroatoms. The van der Waals surface area contributed by atoms with Gasteiger partial charge in [0.15, 0.2) is 18.5 Å². The average molecular weight is 779 g/mol. The predicted molar refractivity (Wildman–Crippen MR) is 198 cm³/mol. The highest BCUT2D eigenvalue weighted by molar-refractivity contribution is 5.69. The molecule has 3 rings (SSSR count). The largest absolute Gasteiger partial charge is 0.461 e. The number of carbonyl (C=O) groups excluding carboxylic acids is 5. The van der Waals surface area contributed by atoms with Gasteiger partial charge in [-0.1, -0.05) is 78.5 Å². The highest BCUT2D eigenvalue weighted by atomic mass is 16.8. The third-order valence-corrected chi connectivity index (χ3v) is 9.73. The molecule has 0 spiro atoms. The molecule has 10 atom stereocenters. The zero-order valence-electron chi connectivity index (χ0n) is 34.2. The highest BCUT2D eigenvalue weighted by Crippen LogP contribution is 2.38. The van der Waals surface area contributed by atoms with Crippen molar-refractivity contribution in [1.29, 1.82) is 0 Å². The lowest BCUT2D eigenvalue weighted by atomic mass is 9.88. The summed E-state index contributed by atoms with van der Waals surface area (Å²) in [5.41, 5.74) is 1.25. The van der Waals surface area contributed by atoms with Gasteiger partial charge in [0.05, 0.1) is 12.2 Å². The van der Waals surface area contributed by atoms with Crippen LogP contribution in [0, 0.1) is 18.8 Å². The Morgan fingerprint density at radius 1 is 0.691 bits per heavy atom. The average Bonchev–Trinajstić information content (AvgIpc) is 3.10. The number of rotatable bonds is 19. The van der Waals surface area contributed by atoms with Crippen LogP contribution in [0.25, 0.3) is 0 Å². The van der Waals surface area contributed by atoms with Crippen LogP contribution in [-0.4, -0.2) is 85.2 Å². The van der Waals surface area contributed by atoms with Gasteiger partial charge in [-0.15, -0.1) is 0 Å². The number of hydrogen-bond donors (Lipinski definition) is 0. The predicted octanol–water partition coefficient (Wildman–Crippen LogP) is 6.43. The number of ether oxygens (including phenoxy) is 9. The molecule has 2 aliphatic heterocycles. The Bertz CT molecular complexity index is 1430. The van der Waals surface area contributed by atoms with Crippen LogP contribution >= 0.6 is 0 Å². The number of carbonyl (C=O) groups is 5. The quantitative estimate of drug-likeness (QED) is 0.0856. The van der Waals surface area contributed by atoms with E-state index < -0.39 is 79.2 Å². The number of esters is 5. The lowest BCUT2D eigenvalue weighted by molar-refractivity contribution is -0.346. The Balaban J connectivity index is 1.91. The first-order valence-corrected chi connectivity index (χ1v) is 19.6. The summed E-state index contributed by atoms with van der Waals surface area (Å²) in [5.74, 6) is -2.34. The van der Waals surface area contributed by atoms with E-state index in [-0.39, 0.29) is 18.5 Å². The standard InChI is InChI=1S/C41H62O14/c1-11-31-25(6)35(48-26(7)42)38(50-28(9)44)40(52-31)55-36-32(12-2)53-41(39(51-29(10)45)37(36)49-27(8)43)54-34-24(5)19-17-20-30(34)22-47-33(46)21-16-14-13-15-18-23(3)4/h17,19-20,23,25,31-32,35-41H,11-16,18,21-22H2,1-10H3. The smallest absolute Gasteiger partial charge is 0.306 e. The molecule has 0 amide bonds. The molecule has 0 bridgehead atoms. The molecule has 10 unspecified atom stereocenters. The maximum absolute atomic E-state index is 12.7. The van der Waals surface area contributed by atoms with Crippen LogP contribution in [0.3, 0.4) is 0 Å². The lowest BCUT2D eigenvalue weighted by Crippen LogP contribution is -2.65. The van der Waals surface area contributed by atoms with Gasteiger partial charge in [0, 0.05) is 45.6 Å². The summed E-state index contributed by atoms with van der Waals surface area (Å²) in [5, 5.41) is 0. The molecule has 0 saturated carbocycles. The first-order chi connectivity index (χ1) is 26.1. The molecule has 0 aromatic heterocycles. The van der Waals surface area contributed by atoms with Gasteiger partial charge in [-0.2, -0.15) is 0 Å². The van der Waals surface area contributed by atoms with Crippen LogP contribution in [0.15, 0.2) is 18.2 Å². The van der Waals surface area contributed by atoms with Gasteiger partial charge < -0.3 is 42.6 Å². The Morgan fingerprint density at radius 2 is 1.24 bits per heavy atom. The molecule has 2 fully saturated rings. The lowest BCUT2D eigenvalue weighted by Gasteiger charge is -2.49. The Kier molecular flexibility index (Phi) is 18.3. The third-order valence-electron chi connectivity index (χ3n) is 9.73. The van der Waals surface area contributed by atoms with E-state index in [9.17, 15) is 24.0 Å². The van der Waals surface area contributed by atoms with E-state index in [0.29, 0.717) is 42.1 Å². The van der Waals surface area contributed by atoms with Crippen molar-refractivity contribution in [3.05, 3.63) is 29.3 Å². The van der Waals surface area contributed by atoms with E-state index in [1.165, 1.54) is 34.1 Å². The molecule has 310 valence electrons. The first-order valence-electron chi connectivity index (χ1n) is 19.6. The van der Waals surface area contributed by atoms with Crippen molar-refractivity contribution in [3.8, 4) is 5.75 Å². The number of unbranched alkanes of at least 4 members (excludes halogenated alkanes) is 3. The van der Waals surface area contributed by atoms with Crippen molar-refractivity contribution in [2.45, 2.75) is 183 Å². The molecular weight excluding hydrogens is 716 g/mol. The summed E-state index contributed by atoms with van der Waals surface area (Å²) >= 11 is 0. The molecule has 0 aliphatic carbocycles. The van der Waals surface area contributed by atoms with Gasteiger partial charge in [-0.25, -0.2) is 0 Å². The van der Waals surface area contributed by atoms with Gasteiger partial charge >= 0.3 is 29.8 Å². The normalized spacial score (nSPS) is 27.8. The number of para-hydroxylation sites is 1. The summed E-state index contributed by atoms with van der Waals surface area (Å²) in [6, 6.07) is 5.38. The van der Waals surface area contributed by atoms with Gasteiger partial charge in [0.25, 0.3) is 0 Å². The summed E-state index contributed by atoms with van der Waals surface area (Å²) in [4.78, 5) is 62.5. The van der Waals surface area contributed by atoms with E-state index in [1.807, 2.05) is 39.8 Å². The minimum Gasteiger partial charge on any atom is -0.461 e. The molecule has 0 radical (unpaired) electrons. The molecule has 1 aromatic rings. The van der Waals surface area contributed by atoms with Crippen LogP contribution in [0.5, 0.6) is 5.75 Å². The second-order valence-electron chi connectivity index (χ2n) is 14.8. The van der Waals surface area contributed by atoms with Crippen molar-refractivity contribution in [3.63, 3.8) is 0 Å². The molecule has 2 heterocycles. The van der Waals surface area contributed by atoms with E-state index >= 15 is 0 Å². The van der Waals surface area contributed by atoms with Crippen LogP contribution < -0.4 is 4.74 Å². The van der Waals surface area contributed by atoms with Crippen LogP contribution in [0.4, 0.5) is 0 Å². The topological polar surface area (TPSA) is 168 Å². The highest BCUT2D eigenvalue weighted by Gasteiger charge is 2.55. The van der Waals surface area contributed by atoms with Gasteiger partial charge in [-0.05, 0) is 37.7 Å². The summed E-state index contributed by atoms with van der Waals surface area (Å²) in [6.07, 6.45) is -3.69. The number of aryl methyl sites for hydroxylation is 1. The van der Waals surface area contributed by atoms with Crippen molar-refractivity contribution in [2.75, 3.05) is 0 Å². The Hall–Kier alpha value is -3.75. The van der Waals surface area contributed by atoms with Crippen molar-refractivity contribution in [2.24, 2.45) is 11.8 Å². The summed E-state index contributed by atoms with van der Waals surface area (Å²) < 4.78 is 54.4. The van der Waals surface area contributed by atoms with E-state index in [4.69, 9.17) is 42.6 Å². The second kappa shape index (κ2) is 22.1. The summed E-state index contributed by atoms with van der Waals surface area (Å²) in [7, 11) is 0. The molecule has 55 heavy (non-hydrogen) atoms. The summed E-state index contributed by atoms with van der Waals surface area (Å²) in [6.45, 7) is 16.6. The fourth-order valence-corrected chi connectivity index (χ4v) is 7.08. The number of benzene rings is 1. The van der Waals surface area contributed by atoms with Crippen LogP contribution in [-0.2, 0) is 68.5 Å². The van der Waals surface area contributed by atoms with Crippen LogP contribution in [0.2, 0.25) is 0 Å². The minimum atomic E-state index is -1.36. The SMILES string of the molecule is CCC1OC(OC2C(CC)OC(Oc3c(C)cccc3COC(=O)CCCCCCC(C)C)C(OC(C)=O)C2OC(C)=O)C(OC(C)=O)C(OC(C)=O)C1C. The fraction of sp³-hybridized carbons (Fsp3) is 0.732. The third kappa shape index (κ3) is 13.7. The Morgan fingerprint density at radius 3 is 1.82 bits per heavy atom. The zero-order chi connectivity index (χ0) is 40.8. The monoisotopic (exact) mass is 778 g/mol. The zero-order valence-corrected chi connectivity index (χ0v) is 34.2. The molecule has 2 aliphatic rings. The maximum atomic E-state index is 12.7. The molecule has 1 aromatic carbocycles. The van der Waals surface area contributed by atoms with Crippen molar-refractivity contribution < 1.29 is 66.6 Å². The molecule has 2 saturated heterocycles. The number of hydrogen-bond acceptors (Lipinski definition) is 14. The first kappa shape index (κ1) is 45.6. The van der Waals surface area contributed by atoms with Gasteiger partial charge in [0.1, 0.15) is 24.6 Å². The van der Waals surface area contributed by atoms with Crippen molar-refractivity contribution in [1.82, 2.24) is 0 Å². The Labute approximate surface area is 325 Å². The fourth-order valence-electron chi connectivity index (χ4n) is 7.08. The minimum absolute atomic E-state index is 0.0679. The van der Waals surface area contributed by atoms with Gasteiger partial charge in [-0.3, -0.25) is 24.0 Å². The second-order valence-corrected chi connectivity index (χ2v) is 14.8. The van der Waals surface area contributed by atoms with E-state index in [0.717, 1.165) is 25.7 Å². The molecule has 0 N–H and O–H groups in total. The van der Waals surface area contributed by atoms with E-state index in [2.05, 4.69) is 13.8 Å². The molecular formula is C41H62O14. The van der Waals surface area contributed by atoms with Crippen LogP contribution in [0.1, 0.15) is 125 Å².